The molecule has 0 aliphatic heterocycles. The Morgan fingerprint density at radius 3 is 2.32 bits per heavy atom. The molecule has 0 spiro atoms. The molecule has 0 bridgehead atoms. The lowest BCUT2D eigenvalue weighted by Gasteiger charge is -2.19. The van der Waals surface area contributed by atoms with Crippen molar-refractivity contribution in [2.75, 3.05) is 20.8 Å². The smallest absolute Gasteiger partial charge is 0.258 e. The summed E-state index contributed by atoms with van der Waals surface area (Å²) in [6, 6.07) is 13.1. The van der Waals surface area contributed by atoms with Crippen molar-refractivity contribution in [3.8, 4) is 17.2 Å². The van der Waals surface area contributed by atoms with Gasteiger partial charge in [-0.05, 0) is 42.7 Å². The summed E-state index contributed by atoms with van der Waals surface area (Å²) in [6.07, 6.45) is 0.784. The molecule has 0 aromatic heterocycles. The summed E-state index contributed by atoms with van der Waals surface area (Å²) in [5.74, 6) is 1.82. The van der Waals surface area contributed by atoms with Crippen molar-refractivity contribution in [2.45, 2.75) is 26.3 Å². The Morgan fingerprint density at radius 2 is 1.72 bits per heavy atom. The van der Waals surface area contributed by atoms with Gasteiger partial charge in [0, 0.05) is 0 Å². The fourth-order valence-electron chi connectivity index (χ4n) is 2.66. The average Bonchev–Trinajstić information content (AvgIpc) is 2.64. The summed E-state index contributed by atoms with van der Waals surface area (Å²) in [5.41, 5.74) is 2.09. The minimum absolute atomic E-state index is 0.0635. The lowest BCUT2D eigenvalue weighted by atomic mass is 10.0. The molecule has 2 rings (SSSR count). The van der Waals surface area contributed by atoms with Gasteiger partial charge in [0.1, 0.15) is 5.75 Å². The first-order valence-corrected chi connectivity index (χ1v) is 8.28. The van der Waals surface area contributed by atoms with E-state index in [1.807, 2.05) is 44.2 Å². The maximum absolute atomic E-state index is 12.3. The Morgan fingerprint density at radius 1 is 1.04 bits per heavy atom. The van der Waals surface area contributed by atoms with Crippen molar-refractivity contribution in [1.82, 2.24) is 5.32 Å². The molecule has 25 heavy (non-hydrogen) atoms. The molecule has 0 aliphatic carbocycles. The normalized spacial score (nSPS) is 11.5. The summed E-state index contributed by atoms with van der Waals surface area (Å²) in [4.78, 5) is 12.3. The largest absolute Gasteiger partial charge is 0.496 e. The maximum atomic E-state index is 12.3. The molecule has 0 radical (unpaired) electrons. The SMILES string of the molecule is CC[C@@H](NC(=O)COc1ccccc1OC)c1ccc(OC)c(C)c1. The van der Waals surface area contributed by atoms with Crippen LogP contribution in [0.1, 0.15) is 30.5 Å². The number of amides is 1. The summed E-state index contributed by atoms with van der Waals surface area (Å²) in [5, 5.41) is 3.01. The Labute approximate surface area is 148 Å². The van der Waals surface area contributed by atoms with Gasteiger partial charge in [0.15, 0.2) is 18.1 Å². The molecule has 0 unspecified atom stereocenters. The predicted molar refractivity (Wildman–Crippen MR) is 97.4 cm³/mol. The lowest BCUT2D eigenvalue weighted by molar-refractivity contribution is -0.123. The molecule has 0 saturated heterocycles. The van der Waals surface area contributed by atoms with Gasteiger partial charge in [0.2, 0.25) is 0 Å². The molecular formula is C20H25NO4. The van der Waals surface area contributed by atoms with E-state index in [4.69, 9.17) is 14.2 Å². The van der Waals surface area contributed by atoms with Crippen LogP contribution in [0.15, 0.2) is 42.5 Å². The van der Waals surface area contributed by atoms with E-state index in [1.165, 1.54) is 0 Å². The number of methoxy groups -OCH3 is 2. The highest BCUT2D eigenvalue weighted by Gasteiger charge is 2.15. The maximum Gasteiger partial charge on any atom is 0.258 e. The lowest BCUT2D eigenvalue weighted by Crippen LogP contribution is -2.32. The van der Waals surface area contributed by atoms with E-state index in [0.717, 1.165) is 23.3 Å². The monoisotopic (exact) mass is 343 g/mol. The van der Waals surface area contributed by atoms with Crippen molar-refractivity contribution in [3.63, 3.8) is 0 Å². The summed E-state index contributed by atoms with van der Waals surface area (Å²) in [6.45, 7) is 3.96. The van der Waals surface area contributed by atoms with Gasteiger partial charge >= 0.3 is 0 Å². The molecule has 1 N–H and O–H groups in total. The van der Waals surface area contributed by atoms with Crippen molar-refractivity contribution in [1.29, 1.82) is 0 Å². The highest BCUT2D eigenvalue weighted by Crippen LogP contribution is 2.26. The number of ether oxygens (including phenoxy) is 3. The zero-order valence-corrected chi connectivity index (χ0v) is 15.2. The Balaban J connectivity index is 1.99. The minimum Gasteiger partial charge on any atom is -0.496 e. The third-order valence-electron chi connectivity index (χ3n) is 3.99. The predicted octanol–water partition coefficient (Wildman–Crippen LogP) is 3.66. The van der Waals surface area contributed by atoms with Crippen molar-refractivity contribution in [2.24, 2.45) is 0 Å². The van der Waals surface area contributed by atoms with Crippen molar-refractivity contribution >= 4 is 5.91 Å². The average molecular weight is 343 g/mol. The molecule has 134 valence electrons. The molecule has 5 nitrogen and oxygen atoms in total. The highest BCUT2D eigenvalue weighted by molar-refractivity contribution is 5.78. The fourth-order valence-corrected chi connectivity index (χ4v) is 2.66. The Bertz CT molecular complexity index is 715. The number of carbonyl (C=O) groups excluding carboxylic acids is 1. The molecule has 0 heterocycles. The first kappa shape index (κ1) is 18.6. The Hall–Kier alpha value is -2.69. The number of para-hydroxylation sites is 2. The second kappa shape index (κ2) is 8.97. The van der Waals surface area contributed by atoms with Crippen LogP contribution in [0.5, 0.6) is 17.2 Å². The third kappa shape index (κ3) is 4.89. The van der Waals surface area contributed by atoms with E-state index in [-0.39, 0.29) is 18.6 Å². The van der Waals surface area contributed by atoms with Crippen LogP contribution >= 0.6 is 0 Å². The van der Waals surface area contributed by atoms with Gasteiger partial charge in [-0.25, -0.2) is 0 Å². The topological polar surface area (TPSA) is 56.8 Å². The number of hydrogen-bond donors (Lipinski definition) is 1. The summed E-state index contributed by atoms with van der Waals surface area (Å²) < 4.78 is 16.1. The van der Waals surface area contributed by atoms with Crippen LogP contribution in [0.25, 0.3) is 0 Å². The van der Waals surface area contributed by atoms with Gasteiger partial charge in [0.25, 0.3) is 5.91 Å². The number of aryl methyl sites for hydroxylation is 1. The van der Waals surface area contributed by atoms with Crippen LogP contribution < -0.4 is 19.5 Å². The first-order valence-electron chi connectivity index (χ1n) is 8.28. The highest BCUT2D eigenvalue weighted by atomic mass is 16.5. The van der Waals surface area contributed by atoms with Crippen molar-refractivity contribution < 1.29 is 19.0 Å². The van der Waals surface area contributed by atoms with Gasteiger partial charge in [-0.1, -0.05) is 31.2 Å². The van der Waals surface area contributed by atoms with E-state index in [1.54, 1.807) is 26.4 Å². The number of hydrogen-bond acceptors (Lipinski definition) is 4. The van der Waals surface area contributed by atoms with E-state index in [9.17, 15) is 4.79 Å². The quantitative estimate of drug-likeness (QED) is 0.795. The van der Waals surface area contributed by atoms with Gasteiger partial charge in [-0.3, -0.25) is 4.79 Å². The van der Waals surface area contributed by atoms with E-state index >= 15 is 0 Å². The third-order valence-corrected chi connectivity index (χ3v) is 3.99. The zero-order chi connectivity index (χ0) is 18.2. The van der Waals surface area contributed by atoms with Gasteiger partial charge in [-0.15, -0.1) is 0 Å². The van der Waals surface area contributed by atoms with Crippen LogP contribution in [0, 0.1) is 6.92 Å². The molecule has 0 fully saturated rings. The molecule has 1 amide bonds. The number of nitrogens with one attached hydrogen (secondary N) is 1. The van der Waals surface area contributed by atoms with Gasteiger partial charge in [0.05, 0.1) is 20.3 Å². The molecule has 5 heteroatoms. The van der Waals surface area contributed by atoms with Crippen LogP contribution in [0.2, 0.25) is 0 Å². The van der Waals surface area contributed by atoms with Gasteiger partial charge in [-0.2, -0.15) is 0 Å². The summed E-state index contributed by atoms with van der Waals surface area (Å²) >= 11 is 0. The minimum atomic E-state index is -0.175. The van der Waals surface area contributed by atoms with E-state index in [2.05, 4.69) is 5.32 Å². The molecule has 0 aliphatic rings. The number of rotatable bonds is 8. The standard InChI is InChI=1S/C20H25NO4/c1-5-16(15-10-11-17(23-3)14(2)12-15)21-20(22)13-25-19-9-7-6-8-18(19)24-4/h6-12,16H,5,13H2,1-4H3,(H,21,22)/t16-/m1/s1. The Kier molecular flexibility index (Phi) is 6.69. The van der Waals surface area contributed by atoms with Gasteiger partial charge < -0.3 is 19.5 Å². The summed E-state index contributed by atoms with van der Waals surface area (Å²) in [7, 11) is 3.22. The molecule has 2 aromatic rings. The first-order chi connectivity index (χ1) is 12.1. The zero-order valence-electron chi connectivity index (χ0n) is 15.2. The molecule has 1 atom stereocenters. The number of carbonyl (C=O) groups is 1. The fraction of sp³-hybridized carbons (Fsp3) is 0.350. The van der Waals surface area contributed by atoms with Crippen LogP contribution in [-0.2, 0) is 4.79 Å². The van der Waals surface area contributed by atoms with E-state index in [0.29, 0.717) is 11.5 Å². The molecule has 0 saturated carbocycles. The molecule has 2 aromatic carbocycles. The van der Waals surface area contributed by atoms with Crippen LogP contribution in [0.3, 0.4) is 0 Å². The van der Waals surface area contributed by atoms with Crippen molar-refractivity contribution in [3.05, 3.63) is 53.6 Å². The molecular weight excluding hydrogens is 318 g/mol. The van der Waals surface area contributed by atoms with E-state index < -0.39 is 0 Å². The van der Waals surface area contributed by atoms with Crippen LogP contribution in [-0.4, -0.2) is 26.7 Å². The number of benzene rings is 2. The van der Waals surface area contributed by atoms with Crippen LogP contribution in [0.4, 0.5) is 0 Å². The second-order valence-corrected chi connectivity index (χ2v) is 5.70. The second-order valence-electron chi connectivity index (χ2n) is 5.70.